The van der Waals surface area contributed by atoms with Gasteiger partial charge in [-0.25, -0.2) is 9.97 Å². The summed E-state index contributed by atoms with van der Waals surface area (Å²) >= 11 is 0. The number of fused-ring (bicyclic) bond motifs is 2. The minimum atomic E-state index is -4.61. The van der Waals surface area contributed by atoms with Crippen molar-refractivity contribution in [1.29, 1.82) is 0 Å². The van der Waals surface area contributed by atoms with Gasteiger partial charge >= 0.3 is 6.18 Å². The van der Waals surface area contributed by atoms with Crippen molar-refractivity contribution in [3.05, 3.63) is 59.7 Å². The van der Waals surface area contributed by atoms with Crippen molar-refractivity contribution in [2.24, 2.45) is 5.92 Å². The number of nitrogens with zero attached hydrogens (tertiary/aromatic N) is 3. The van der Waals surface area contributed by atoms with E-state index in [1.54, 1.807) is 0 Å². The van der Waals surface area contributed by atoms with Crippen LogP contribution in [0.3, 0.4) is 0 Å². The number of aromatic nitrogens is 2. The molecule has 28 heavy (non-hydrogen) atoms. The van der Waals surface area contributed by atoms with Crippen molar-refractivity contribution in [2.45, 2.75) is 37.6 Å². The molecule has 2 unspecified atom stereocenters. The zero-order valence-electron chi connectivity index (χ0n) is 15.1. The molecule has 1 aromatic heterocycles. The third-order valence-corrected chi connectivity index (χ3v) is 5.44. The molecule has 2 saturated heterocycles. The van der Waals surface area contributed by atoms with Gasteiger partial charge in [-0.05, 0) is 18.4 Å². The summed E-state index contributed by atoms with van der Waals surface area (Å²) in [6, 6.07) is 10.4. The van der Waals surface area contributed by atoms with E-state index in [4.69, 9.17) is 4.74 Å². The molecule has 148 valence electrons. The number of benzene rings is 1. The van der Waals surface area contributed by atoms with Crippen LogP contribution in [-0.2, 0) is 17.5 Å². The quantitative estimate of drug-likeness (QED) is 0.748. The van der Waals surface area contributed by atoms with E-state index in [-0.39, 0.29) is 29.3 Å². The second-order valence-corrected chi connectivity index (χ2v) is 7.33. The summed E-state index contributed by atoms with van der Waals surface area (Å²) in [6.45, 7) is 1.90. The van der Waals surface area contributed by atoms with Crippen LogP contribution in [0.4, 0.5) is 13.2 Å². The van der Waals surface area contributed by atoms with Crippen LogP contribution in [0.5, 0.6) is 0 Å². The van der Waals surface area contributed by atoms with Crippen LogP contribution in [0.2, 0.25) is 0 Å². The van der Waals surface area contributed by atoms with Gasteiger partial charge in [0, 0.05) is 36.9 Å². The van der Waals surface area contributed by atoms with Gasteiger partial charge in [0.05, 0.1) is 18.8 Å². The van der Waals surface area contributed by atoms with Crippen molar-refractivity contribution in [3.63, 3.8) is 0 Å². The molecular weight excluding hydrogens is 371 g/mol. The second kappa shape index (κ2) is 7.60. The van der Waals surface area contributed by atoms with Crippen LogP contribution in [-0.4, -0.2) is 45.9 Å². The van der Waals surface area contributed by atoms with Crippen LogP contribution in [0.15, 0.2) is 42.7 Å². The Morgan fingerprint density at radius 3 is 2.25 bits per heavy atom. The molecule has 5 nitrogen and oxygen atoms in total. The Morgan fingerprint density at radius 1 is 1.07 bits per heavy atom. The molecule has 0 aliphatic carbocycles. The topological polar surface area (TPSA) is 55.3 Å². The van der Waals surface area contributed by atoms with Gasteiger partial charge in [-0.15, -0.1) is 0 Å². The lowest BCUT2D eigenvalue weighted by molar-refractivity contribution is -0.145. The third kappa shape index (κ3) is 3.93. The SMILES string of the molecule is O=C(c1cnc(C(F)(F)F)nc1)C1CC2COCC(C1)N2Cc1ccccc1. The lowest BCUT2D eigenvalue weighted by atomic mass is 9.81. The summed E-state index contributed by atoms with van der Waals surface area (Å²) in [7, 11) is 0. The molecule has 0 saturated carbocycles. The van der Waals surface area contributed by atoms with Crippen LogP contribution in [0, 0.1) is 5.92 Å². The van der Waals surface area contributed by atoms with Gasteiger partial charge in [0.1, 0.15) is 0 Å². The van der Waals surface area contributed by atoms with E-state index in [2.05, 4.69) is 27.0 Å². The van der Waals surface area contributed by atoms with E-state index >= 15 is 0 Å². The Hall–Kier alpha value is -2.32. The number of hydrogen-bond acceptors (Lipinski definition) is 5. The molecule has 0 amide bonds. The molecule has 2 aliphatic rings. The summed E-state index contributed by atoms with van der Waals surface area (Å²) in [6.07, 6.45) is -1.41. The zero-order chi connectivity index (χ0) is 19.7. The Labute approximate surface area is 160 Å². The zero-order valence-corrected chi connectivity index (χ0v) is 15.1. The van der Waals surface area contributed by atoms with E-state index in [1.807, 2.05) is 18.2 Å². The first-order valence-electron chi connectivity index (χ1n) is 9.22. The average Bonchev–Trinajstić information content (AvgIpc) is 2.67. The van der Waals surface area contributed by atoms with Crippen molar-refractivity contribution < 1.29 is 22.7 Å². The van der Waals surface area contributed by atoms with Crippen LogP contribution >= 0.6 is 0 Å². The smallest absolute Gasteiger partial charge is 0.378 e. The summed E-state index contributed by atoms with van der Waals surface area (Å²) in [5.74, 6) is -1.68. The molecule has 0 radical (unpaired) electrons. The minimum Gasteiger partial charge on any atom is -0.378 e. The molecular formula is C20H20F3N3O2. The minimum absolute atomic E-state index is 0.108. The Balaban J connectivity index is 1.47. The number of rotatable bonds is 4. The number of ether oxygens (including phenoxy) is 1. The largest absolute Gasteiger partial charge is 0.451 e. The maximum absolute atomic E-state index is 12.8. The van der Waals surface area contributed by atoms with Crippen molar-refractivity contribution in [1.82, 2.24) is 14.9 Å². The Morgan fingerprint density at radius 2 is 1.68 bits per heavy atom. The maximum atomic E-state index is 12.8. The Kier molecular flexibility index (Phi) is 5.16. The molecule has 0 N–H and O–H groups in total. The highest BCUT2D eigenvalue weighted by atomic mass is 19.4. The highest BCUT2D eigenvalue weighted by molar-refractivity contribution is 5.97. The van der Waals surface area contributed by atoms with Gasteiger partial charge in [-0.3, -0.25) is 9.69 Å². The number of carbonyl (C=O) groups is 1. The molecule has 2 bridgehead atoms. The fourth-order valence-corrected chi connectivity index (χ4v) is 4.09. The number of alkyl halides is 3. The van der Waals surface area contributed by atoms with Crippen molar-refractivity contribution in [2.75, 3.05) is 13.2 Å². The number of Topliss-reactive ketones (excluding diaryl/α,β-unsaturated/α-hetero) is 1. The summed E-state index contributed by atoms with van der Waals surface area (Å²) in [5, 5.41) is 0. The van der Waals surface area contributed by atoms with Gasteiger partial charge in [0.15, 0.2) is 5.78 Å². The molecule has 2 fully saturated rings. The van der Waals surface area contributed by atoms with Gasteiger partial charge in [-0.2, -0.15) is 13.2 Å². The fraction of sp³-hybridized carbons (Fsp3) is 0.450. The van der Waals surface area contributed by atoms with Gasteiger partial charge in [-0.1, -0.05) is 30.3 Å². The standard InChI is InChI=1S/C20H20F3N3O2/c21-20(22,23)19-24-8-15(9-25-19)18(27)14-6-16-11-28-12-17(7-14)26(16)10-13-4-2-1-3-5-13/h1-5,8-9,14,16-17H,6-7,10-12H2. The van der Waals surface area contributed by atoms with Crippen LogP contribution in [0.1, 0.15) is 34.6 Å². The number of piperidine rings is 1. The fourth-order valence-electron chi connectivity index (χ4n) is 4.09. The maximum Gasteiger partial charge on any atom is 0.451 e. The van der Waals surface area contributed by atoms with E-state index in [9.17, 15) is 18.0 Å². The van der Waals surface area contributed by atoms with Crippen molar-refractivity contribution >= 4 is 5.78 Å². The van der Waals surface area contributed by atoms with Crippen LogP contribution < -0.4 is 0 Å². The molecule has 1 aromatic carbocycles. The molecule has 2 aliphatic heterocycles. The van der Waals surface area contributed by atoms with Gasteiger partial charge in [0.2, 0.25) is 5.82 Å². The van der Waals surface area contributed by atoms with E-state index < -0.39 is 12.0 Å². The predicted octanol–water partition coefficient (Wildman–Crippen LogP) is 3.36. The number of hydrogen-bond donors (Lipinski definition) is 0. The van der Waals surface area contributed by atoms with Crippen LogP contribution in [0.25, 0.3) is 0 Å². The lowest BCUT2D eigenvalue weighted by Gasteiger charge is -2.48. The van der Waals surface area contributed by atoms with Gasteiger partial charge < -0.3 is 4.74 Å². The molecule has 2 atom stereocenters. The number of carbonyl (C=O) groups excluding carboxylic acids is 1. The molecule has 4 rings (SSSR count). The summed E-state index contributed by atoms with van der Waals surface area (Å²) < 4.78 is 43.6. The summed E-state index contributed by atoms with van der Waals surface area (Å²) in [5.41, 5.74) is 1.34. The molecule has 3 heterocycles. The Bertz CT molecular complexity index is 813. The highest BCUT2D eigenvalue weighted by Gasteiger charge is 2.42. The van der Waals surface area contributed by atoms with E-state index in [1.165, 1.54) is 5.56 Å². The predicted molar refractivity (Wildman–Crippen MR) is 94.5 cm³/mol. The molecule has 0 spiro atoms. The molecule has 2 aromatic rings. The first-order chi connectivity index (χ1) is 13.4. The van der Waals surface area contributed by atoms with Gasteiger partial charge in [0.25, 0.3) is 0 Å². The second-order valence-electron chi connectivity index (χ2n) is 7.33. The highest BCUT2D eigenvalue weighted by Crippen LogP contribution is 2.34. The lowest BCUT2D eigenvalue weighted by Crippen LogP contribution is -2.57. The third-order valence-electron chi connectivity index (χ3n) is 5.44. The van der Waals surface area contributed by atoms with Crippen molar-refractivity contribution in [3.8, 4) is 0 Å². The number of ketones is 1. The van der Waals surface area contributed by atoms with E-state index in [0.29, 0.717) is 26.1 Å². The number of halogens is 3. The first kappa shape index (κ1) is 19.0. The number of morpholine rings is 1. The summed E-state index contributed by atoms with van der Waals surface area (Å²) in [4.78, 5) is 21.9. The molecule has 8 heteroatoms. The first-order valence-corrected chi connectivity index (χ1v) is 9.22. The monoisotopic (exact) mass is 391 g/mol. The van der Waals surface area contributed by atoms with E-state index in [0.717, 1.165) is 18.9 Å². The normalized spacial score (nSPS) is 25.5. The average molecular weight is 391 g/mol.